The number of Topliss-reactive ketones (excluding diaryl/α,β-unsaturated/α-hetero) is 1. The first-order valence-corrected chi connectivity index (χ1v) is 12.5. The molecule has 2 N–H and O–H groups in total. The summed E-state index contributed by atoms with van der Waals surface area (Å²) >= 11 is 0. The van der Waals surface area contributed by atoms with Crippen molar-refractivity contribution in [3.05, 3.63) is 12.2 Å². The summed E-state index contributed by atoms with van der Waals surface area (Å²) in [5.41, 5.74) is 0.820. The molecule has 2 fully saturated rings. The van der Waals surface area contributed by atoms with Crippen LogP contribution < -0.4 is 0 Å². The van der Waals surface area contributed by atoms with E-state index in [-0.39, 0.29) is 41.9 Å². The zero-order valence-electron chi connectivity index (χ0n) is 20.4. The molecule has 0 aromatic carbocycles. The number of fused-ring (bicyclic) bond motifs is 2. The number of esters is 1. The van der Waals surface area contributed by atoms with E-state index in [2.05, 4.69) is 13.5 Å². The van der Waals surface area contributed by atoms with Crippen LogP contribution in [-0.2, 0) is 19.1 Å². The molecule has 32 heavy (non-hydrogen) atoms. The number of ketones is 1. The maximum atomic E-state index is 12.8. The topological polar surface area (TPSA) is 93.1 Å². The smallest absolute Gasteiger partial charge is 0.308 e. The van der Waals surface area contributed by atoms with Gasteiger partial charge < -0.3 is 19.7 Å². The standard InChI is InChI=1S/C26H44O6/c1-16-12-19(4)25(29)23(28)15-22-14-18(3)24(31-22)9-7-6-8-17(2)26(30)32-21(13-16)11-10-20(5)27/h17-24,27-28H,1,6-15H2,2-5H3. The fourth-order valence-electron chi connectivity index (χ4n) is 4.96. The summed E-state index contributed by atoms with van der Waals surface area (Å²) in [6.45, 7) is 11.7. The van der Waals surface area contributed by atoms with E-state index in [1.54, 1.807) is 6.92 Å². The van der Waals surface area contributed by atoms with Crippen molar-refractivity contribution in [2.24, 2.45) is 17.8 Å². The highest BCUT2D eigenvalue weighted by Gasteiger charge is 2.35. The molecule has 0 spiro atoms. The van der Waals surface area contributed by atoms with Gasteiger partial charge in [0.15, 0.2) is 5.78 Å². The number of carbonyl (C=O) groups excluding carboxylic acids is 2. The Morgan fingerprint density at radius 2 is 1.75 bits per heavy atom. The van der Waals surface area contributed by atoms with Crippen LogP contribution in [0.3, 0.4) is 0 Å². The summed E-state index contributed by atoms with van der Waals surface area (Å²) in [4.78, 5) is 25.4. The molecule has 0 saturated carbocycles. The van der Waals surface area contributed by atoms with Gasteiger partial charge in [0.05, 0.1) is 24.2 Å². The van der Waals surface area contributed by atoms with Gasteiger partial charge >= 0.3 is 5.97 Å². The fourth-order valence-corrected chi connectivity index (χ4v) is 4.96. The van der Waals surface area contributed by atoms with Crippen LogP contribution in [0.1, 0.15) is 91.9 Å². The van der Waals surface area contributed by atoms with Crippen molar-refractivity contribution in [3.63, 3.8) is 0 Å². The molecule has 2 saturated heterocycles. The van der Waals surface area contributed by atoms with E-state index in [1.807, 2.05) is 13.8 Å². The van der Waals surface area contributed by atoms with Gasteiger partial charge in [-0.3, -0.25) is 9.59 Å². The third-order valence-electron chi connectivity index (χ3n) is 7.02. The van der Waals surface area contributed by atoms with Crippen LogP contribution in [-0.4, -0.2) is 52.5 Å². The Labute approximate surface area is 193 Å². The number of cyclic esters (lactones) is 1. The molecule has 8 unspecified atom stereocenters. The summed E-state index contributed by atoms with van der Waals surface area (Å²) < 4.78 is 12.0. The van der Waals surface area contributed by atoms with Crippen molar-refractivity contribution in [1.82, 2.24) is 0 Å². The van der Waals surface area contributed by atoms with Crippen LogP contribution in [0.25, 0.3) is 0 Å². The largest absolute Gasteiger partial charge is 0.462 e. The number of aliphatic hydroxyl groups excluding tert-OH is 2. The van der Waals surface area contributed by atoms with Crippen molar-refractivity contribution in [2.75, 3.05) is 0 Å². The van der Waals surface area contributed by atoms with Crippen LogP contribution in [0.2, 0.25) is 0 Å². The molecular weight excluding hydrogens is 408 g/mol. The Hall–Kier alpha value is -1.24. The number of rotatable bonds is 3. The Morgan fingerprint density at radius 1 is 1.06 bits per heavy atom. The van der Waals surface area contributed by atoms with Gasteiger partial charge in [-0.25, -0.2) is 0 Å². The second kappa shape index (κ2) is 12.9. The van der Waals surface area contributed by atoms with Gasteiger partial charge in [-0.1, -0.05) is 45.8 Å². The quantitative estimate of drug-likeness (QED) is 0.488. The average molecular weight is 453 g/mol. The number of carbonyl (C=O) groups is 2. The SMILES string of the molecule is C=C1CC(CCC(C)O)OC(=O)C(C)CCCCC2OC(CC(O)C(=O)C(C)C1)CC2C. The zero-order chi connectivity index (χ0) is 23.8. The van der Waals surface area contributed by atoms with Gasteiger partial charge in [0, 0.05) is 18.8 Å². The van der Waals surface area contributed by atoms with Crippen molar-refractivity contribution < 1.29 is 29.3 Å². The minimum Gasteiger partial charge on any atom is -0.462 e. The predicted molar refractivity (Wildman–Crippen MR) is 124 cm³/mol. The molecule has 6 heteroatoms. The van der Waals surface area contributed by atoms with Gasteiger partial charge in [0.2, 0.25) is 0 Å². The minimum atomic E-state index is -1.03. The maximum absolute atomic E-state index is 12.8. The van der Waals surface area contributed by atoms with Crippen molar-refractivity contribution in [2.45, 2.75) is 122 Å². The summed E-state index contributed by atoms with van der Waals surface area (Å²) in [5.74, 6) is -0.532. The van der Waals surface area contributed by atoms with E-state index < -0.39 is 12.2 Å². The molecule has 2 heterocycles. The Bertz CT molecular complexity index is 630. The summed E-state index contributed by atoms with van der Waals surface area (Å²) in [7, 11) is 0. The Balaban J connectivity index is 2.10. The highest BCUT2D eigenvalue weighted by Crippen LogP contribution is 2.33. The molecule has 0 amide bonds. The molecule has 0 aromatic heterocycles. The molecule has 0 aromatic rings. The fraction of sp³-hybridized carbons (Fsp3) is 0.846. The molecule has 2 rings (SSSR count). The zero-order valence-corrected chi connectivity index (χ0v) is 20.4. The summed E-state index contributed by atoms with van der Waals surface area (Å²) in [5, 5.41) is 20.2. The van der Waals surface area contributed by atoms with Gasteiger partial charge in [0.1, 0.15) is 12.2 Å². The monoisotopic (exact) mass is 452 g/mol. The van der Waals surface area contributed by atoms with Crippen LogP contribution in [0.15, 0.2) is 12.2 Å². The normalized spacial score (nSPS) is 37.4. The van der Waals surface area contributed by atoms with Crippen molar-refractivity contribution >= 4 is 11.8 Å². The lowest BCUT2D eigenvalue weighted by molar-refractivity contribution is -0.154. The second-order valence-electron chi connectivity index (χ2n) is 10.4. The molecule has 0 radical (unpaired) electrons. The molecular formula is C26H44O6. The van der Waals surface area contributed by atoms with Crippen molar-refractivity contribution in [1.29, 1.82) is 0 Å². The highest BCUT2D eigenvalue weighted by molar-refractivity contribution is 5.85. The van der Waals surface area contributed by atoms with Gasteiger partial charge in [-0.15, -0.1) is 0 Å². The molecule has 0 aliphatic carbocycles. The summed E-state index contributed by atoms with van der Waals surface area (Å²) in [6.07, 6.45) is 5.02. The molecule has 2 aliphatic rings. The first-order valence-electron chi connectivity index (χ1n) is 12.5. The average Bonchev–Trinajstić information content (AvgIpc) is 3.06. The lowest BCUT2D eigenvalue weighted by Gasteiger charge is -2.24. The van der Waals surface area contributed by atoms with Crippen LogP contribution in [0.4, 0.5) is 0 Å². The number of aliphatic hydroxyl groups is 2. The van der Waals surface area contributed by atoms with Crippen LogP contribution >= 0.6 is 0 Å². The lowest BCUT2D eigenvalue weighted by atomic mass is 9.89. The van der Waals surface area contributed by atoms with E-state index in [4.69, 9.17) is 9.47 Å². The van der Waals surface area contributed by atoms with Gasteiger partial charge in [-0.2, -0.15) is 0 Å². The molecule has 2 bridgehead atoms. The minimum absolute atomic E-state index is 0.0815. The van der Waals surface area contributed by atoms with Crippen LogP contribution in [0.5, 0.6) is 0 Å². The van der Waals surface area contributed by atoms with Crippen LogP contribution in [0, 0.1) is 17.8 Å². The highest BCUT2D eigenvalue weighted by atomic mass is 16.5. The Morgan fingerprint density at radius 3 is 2.44 bits per heavy atom. The first-order chi connectivity index (χ1) is 15.1. The first kappa shape index (κ1) is 27.0. The van der Waals surface area contributed by atoms with E-state index in [1.165, 1.54) is 0 Å². The molecule has 184 valence electrons. The van der Waals surface area contributed by atoms with Gasteiger partial charge in [-0.05, 0) is 51.4 Å². The second-order valence-corrected chi connectivity index (χ2v) is 10.4. The maximum Gasteiger partial charge on any atom is 0.308 e. The van der Waals surface area contributed by atoms with Crippen molar-refractivity contribution in [3.8, 4) is 0 Å². The molecule has 2 aliphatic heterocycles. The molecule has 6 nitrogen and oxygen atoms in total. The molecule has 8 atom stereocenters. The van der Waals surface area contributed by atoms with E-state index >= 15 is 0 Å². The number of hydrogen-bond acceptors (Lipinski definition) is 6. The number of ether oxygens (including phenoxy) is 2. The van der Waals surface area contributed by atoms with E-state index in [0.29, 0.717) is 38.0 Å². The van der Waals surface area contributed by atoms with E-state index in [0.717, 1.165) is 37.7 Å². The Kier molecular flexibility index (Phi) is 10.8. The lowest BCUT2D eigenvalue weighted by Crippen LogP contribution is -2.31. The summed E-state index contributed by atoms with van der Waals surface area (Å²) in [6, 6.07) is 0. The predicted octanol–water partition coefficient (Wildman–Crippen LogP) is 4.36. The van der Waals surface area contributed by atoms with Gasteiger partial charge in [0.25, 0.3) is 0 Å². The third kappa shape index (κ3) is 8.60. The number of hydrogen-bond donors (Lipinski definition) is 2. The van der Waals surface area contributed by atoms with E-state index in [9.17, 15) is 19.8 Å². The third-order valence-corrected chi connectivity index (χ3v) is 7.02.